The molecule has 0 aromatic heterocycles. The fourth-order valence-electron chi connectivity index (χ4n) is 8.92. The van der Waals surface area contributed by atoms with Gasteiger partial charge in [0.25, 0.3) is 5.91 Å². The van der Waals surface area contributed by atoms with Crippen molar-refractivity contribution in [3.63, 3.8) is 0 Å². The Kier molecular flexibility index (Phi) is 9.21. The molecule has 10 nitrogen and oxygen atoms in total. The van der Waals surface area contributed by atoms with Crippen LogP contribution in [0, 0.1) is 5.92 Å². The van der Waals surface area contributed by atoms with Crippen LogP contribution in [0.1, 0.15) is 37.3 Å². The van der Waals surface area contributed by atoms with E-state index in [9.17, 15) is 14.7 Å². The van der Waals surface area contributed by atoms with Crippen LogP contribution < -0.4 is 19.7 Å². The molecule has 0 radical (unpaired) electrons. The van der Waals surface area contributed by atoms with E-state index in [1.54, 1.807) is 27.9 Å². The molecule has 3 aromatic rings. The highest BCUT2D eigenvalue weighted by atomic mass is 35.5. The van der Waals surface area contributed by atoms with Gasteiger partial charge in [0.2, 0.25) is 5.91 Å². The number of benzene rings is 3. The monoisotopic (exact) mass is 717 g/mol. The minimum atomic E-state index is -2.48. The molecule has 7 rings (SSSR count). The van der Waals surface area contributed by atoms with Crippen LogP contribution in [0.3, 0.4) is 0 Å². The molecule has 3 aromatic carbocycles. The summed E-state index contributed by atoms with van der Waals surface area (Å²) in [5.74, 6) is 0.197. The molecule has 3 fully saturated rings. The number of halogens is 1. The smallest absolute Gasteiger partial charge is 0.414 e. The van der Waals surface area contributed by atoms with Crippen LogP contribution in [0.15, 0.2) is 66.7 Å². The van der Waals surface area contributed by atoms with Crippen molar-refractivity contribution in [1.29, 1.82) is 0 Å². The lowest BCUT2D eigenvalue weighted by atomic mass is 9.82. The van der Waals surface area contributed by atoms with Gasteiger partial charge in [-0.1, -0.05) is 61.1 Å². The van der Waals surface area contributed by atoms with Crippen molar-refractivity contribution in [2.24, 2.45) is 5.92 Å². The lowest BCUT2D eigenvalue weighted by Gasteiger charge is -2.37. The number of fused-ring (bicyclic) bond motifs is 2. The van der Waals surface area contributed by atoms with Gasteiger partial charge in [0, 0.05) is 28.7 Å². The summed E-state index contributed by atoms with van der Waals surface area (Å²) < 4.78 is 17.8. The number of likely N-dealkylation sites (tertiary alicyclic amines) is 1. The molecule has 4 heterocycles. The van der Waals surface area contributed by atoms with Crippen molar-refractivity contribution in [2.45, 2.75) is 69.1 Å². The summed E-state index contributed by atoms with van der Waals surface area (Å²) in [5, 5.41) is 11.7. The van der Waals surface area contributed by atoms with Gasteiger partial charge >= 0.3 is 6.09 Å². The van der Waals surface area contributed by atoms with Crippen LogP contribution in [0.4, 0.5) is 16.2 Å². The van der Waals surface area contributed by atoms with Crippen molar-refractivity contribution < 1.29 is 33.7 Å². The van der Waals surface area contributed by atoms with Gasteiger partial charge in [0.1, 0.15) is 12.4 Å². The number of anilines is 2. The van der Waals surface area contributed by atoms with Gasteiger partial charge in [-0.05, 0) is 66.4 Å². The summed E-state index contributed by atoms with van der Waals surface area (Å²) in [6.07, 6.45) is 0.778. The van der Waals surface area contributed by atoms with E-state index >= 15 is 4.79 Å². The van der Waals surface area contributed by atoms with Crippen molar-refractivity contribution >= 4 is 54.1 Å². The molecule has 5 atom stereocenters. The average molecular weight is 718 g/mol. The fourth-order valence-corrected chi connectivity index (χ4v) is 13.1. The number of carbonyl (C=O) groups is 3. The highest BCUT2D eigenvalue weighted by Crippen LogP contribution is 2.60. The van der Waals surface area contributed by atoms with E-state index in [-0.39, 0.29) is 55.0 Å². The zero-order valence-electron chi connectivity index (χ0n) is 28.9. The van der Waals surface area contributed by atoms with Crippen molar-refractivity contribution in [3.8, 4) is 5.75 Å². The zero-order valence-corrected chi connectivity index (χ0v) is 30.7. The van der Waals surface area contributed by atoms with E-state index in [1.165, 1.54) is 5.19 Å². The molecule has 0 saturated carbocycles. The van der Waals surface area contributed by atoms with Gasteiger partial charge < -0.3 is 29.1 Å². The molecule has 0 unspecified atom stereocenters. The highest BCUT2D eigenvalue weighted by Gasteiger charge is 2.66. The van der Waals surface area contributed by atoms with E-state index < -0.39 is 19.8 Å². The van der Waals surface area contributed by atoms with Gasteiger partial charge in [-0.3, -0.25) is 14.5 Å². The van der Waals surface area contributed by atoms with Gasteiger partial charge in [0.05, 0.1) is 59.1 Å². The molecule has 4 aliphatic heterocycles. The number of ether oxygens (including phenoxy) is 3. The summed E-state index contributed by atoms with van der Waals surface area (Å²) in [7, 11) is -0.834. The second-order valence-corrected chi connectivity index (χ2v) is 19.5. The quantitative estimate of drug-likeness (QED) is 0.294. The third-order valence-corrected chi connectivity index (χ3v) is 16.0. The number of aliphatic hydroxyl groups is 1. The van der Waals surface area contributed by atoms with E-state index in [0.717, 1.165) is 24.2 Å². The van der Waals surface area contributed by atoms with Crippen LogP contribution in [0.2, 0.25) is 23.7 Å². The summed E-state index contributed by atoms with van der Waals surface area (Å²) in [4.78, 5) is 46.6. The first-order valence-corrected chi connectivity index (χ1v) is 20.8. The van der Waals surface area contributed by atoms with Gasteiger partial charge in [-0.15, -0.1) is 0 Å². The Morgan fingerprint density at radius 3 is 2.56 bits per heavy atom. The SMILES string of the molecule is COc1ccc([Si](C)(C)[C@H]2[C@H](CC(=O)N3CCC[C@H]3CO)O[C@@]3(C(=O)N(Cc4cccc(N5CCOC5=O)c4)c4ccc(Cl)cc43)[C@@H]2C)cc1. The Bertz CT molecular complexity index is 1810. The summed E-state index contributed by atoms with van der Waals surface area (Å²) >= 11 is 6.66. The predicted octanol–water partition coefficient (Wildman–Crippen LogP) is 5.44. The Morgan fingerprint density at radius 1 is 1.08 bits per heavy atom. The van der Waals surface area contributed by atoms with Gasteiger partial charge in [-0.25, -0.2) is 4.79 Å². The van der Waals surface area contributed by atoms with Crippen molar-refractivity contribution in [3.05, 3.63) is 82.9 Å². The normalized spacial score (nSPS) is 26.2. The third kappa shape index (κ3) is 5.68. The van der Waals surface area contributed by atoms with Crippen molar-refractivity contribution in [1.82, 2.24) is 4.90 Å². The maximum Gasteiger partial charge on any atom is 0.414 e. The van der Waals surface area contributed by atoms with E-state index in [1.807, 2.05) is 48.5 Å². The van der Waals surface area contributed by atoms with Crippen LogP contribution >= 0.6 is 11.6 Å². The number of carbonyl (C=O) groups excluding carboxylic acids is 3. The molecule has 1 N–H and O–H groups in total. The molecule has 1 spiro atoms. The van der Waals surface area contributed by atoms with Crippen LogP contribution in [0.5, 0.6) is 5.75 Å². The number of hydrogen-bond donors (Lipinski definition) is 1. The number of cyclic esters (lactones) is 1. The highest BCUT2D eigenvalue weighted by molar-refractivity contribution is 6.91. The number of rotatable bonds is 9. The van der Waals surface area contributed by atoms with E-state index in [2.05, 4.69) is 32.2 Å². The number of nitrogens with zero attached hydrogens (tertiary/aromatic N) is 3. The second kappa shape index (κ2) is 13.3. The number of hydrogen-bond acceptors (Lipinski definition) is 7. The first kappa shape index (κ1) is 34.5. The Balaban J connectivity index is 1.29. The molecular weight excluding hydrogens is 674 g/mol. The minimum Gasteiger partial charge on any atom is -0.497 e. The number of amides is 3. The third-order valence-electron chi connectivity index (χ3n) is 11.4. The lowest BCUT2D eigenvalue weighted by molar-refractivity contribution is -0.150. The van der Waals surface area contributed by atoms with E-state index in [0.29, 0.717) is 41.7 Å². The minimum absolute atomic E-state index is 0.0637. The van der Waals surface area contributed by atoms with Gasteiger partial charge in [0.15, 0.2) is 5.60 Å². The summed E-state index contributed by atoms with van der Waals surface area (Å²) in [6, 6.07) is 21.0. The lowest BCUT2D eigenvalue weighted by Crippen LogP contribution is -2.52. The average Bonchev–Trinajstić information content (AvgIpc) is 3.88. The molecular formula is C38H44ClN3O7Si. The standard InChI is InChI=1S/C38H44ClN3O7Si/c1-24-35(50(3,4)30-13-11-29(47-2)12-14-30)33(21-34(44)40-16-6-9-28(40)23-43)49-38(24)31-20-26(39)10-15-32(31)42(36(38)45)22-25-7-5-8-27(19-25)41-17-18-48-37(41)46/h5,7-8,10-15,19-20,24,28,33,35,43H,6,9,16-18,21-23H2,1-4H3/t24-,28+,33+,35-,38+/m1/s1. The molecule has 0 bridgehead atoms. The van der Waals surface area contributed by atoms with Gasteiger partial charge in [-0.2, -0.15) is 0 Å². The largest absolute Gasteiger partial charge is 0.497 e. The fraction of sp³-hybridized carbons (Fsp3) is 0.447. The molecule has 3 saturated heterocycles. The summed E-state index contributed by atoms with van der Waals surface area (Å²) in [5.41, 5.74) is 1.48. The molecule has 50 heavy (non-hydrogen) atoms. The van der Waals surface area contributed by atoms with Crippen LogP contribution in [-0.2, 0) is 31.2 Å². The first-order valence-electron chi connectivity index (χ1n) is 17.4. The summed E-state index contributed by atoms with van der Waals surface area (Å²) in [6.45, 7) is 8.23. The molecule has 3 amide bonds. The Hall–Kier alpha value is -3.90. The molecule has 4 aliphatic rings. The van der Waals surface area contributed by atoms with Crippen LogP contribution in [0.25, 0.3) is 0 Å². The maximum atomic E-state index is 15.1. The topological polar surface area (TPSA) is 109 Å². The zero-order chi connectivity index (χ0) is 35.4. The number of methoxy groups -OCH3 is 1. The first-order chi connectivity index (χ1) is 24.0. The Labute approximate surface area is 298 Å². The maximum absolute atomic E-state index is 15.1. The van der Waals surface area contributed by atoms with Crippen LogP contribution in [-0.4, -0.2) is 81.5 Å². The molecule has 0 aliphatic carbocycles. The Morgan fingerprint density at radius 2 is 1.86 bits per heavy atom. The van der Waals surface area contributed by atoms with E-state index in [4.69, 9.17) is 25.8 Å². The molecule has 264 valence electrons. The predicted molar refractivity (Wildman–Crippen MR) is 194 cm³/mol. The molecule has 12 heteroatoms. The number of aliphatic hydroxyl groups excluding tert-OH is 1. The van der Waals surface area contributed by atoms with Crippen molar-refractivity contribution in [2.75, 3.05) is 43.2 Å². The second-order valence-electron chi connectivity index (χ2n) is 14.4.